The third kappa shape index (κ3) is 1.19. The molecule has 2 rings (SSSR count). The average Bonchev–Trinajstić information content (AvgIpc) is 2.58. The molecule has 11 heavy (non-hydrogen) atoms. The third-order valence-corrected chi connectivity index (χ3v) is 1.53. The van der Waals surface area contributed by atoms with Gasteiger partial charge in [-0.05, 0) is 0 Å². The maximum atomic E-state index is 4.13. The lowest BCUT2D eigenvalue weighted by molar-refractivity contribution is 0.991. The Morgan fingerprint density at radius 1 is 1.36 bits per heavy atom. The summed E-state index contributed by atoms with van der Waals surface area (Å²) in [4.78, 5) is 14.1. The average molecular weight is 148 g/mol. The molecule has 0 amide bonds. The van der Waals surface area contributed by atoms with E-state index in [0.717, 1.165) is 18.9 Å². The van der Waals surface area contributed by atoms with Crippen molar-refractivity contribution in [3.63, 3.8) is 0 Å². The fourth-order valence-corrected chi connectivity index (χ4v) is 0.993. The van der Waals surface area contributed by atoms with Crippen molar-refractivity contribution < 1.29 is 0 Å². The van der Waals surface area contributed by atoms with E-state index >= 15 is 0 Å². The lowest BCUT2D eigenvalue weighted by atomic mass is 10.5. The summed E-state index contributed by atoms with van der Waals surface area (Å²) in [6.07, 6.45) is 6.87. The van der Waals surface area contributed by atoms with Crippen LogP contribution in [0.1, 0.15) is 0 Å². The number of rotatable bonds is 1. The Morgan fingerprint density at radius 3 is 3.00 bits per heavy atom. The molecular weight excluding hydrogens is 140 g/mol. The Bertz CT molecular complexity index is 256. The lowest BCUT2D eigenvalue weighted by Gasteiger charge is -2.10. The van der Waals surface area contributed by atoms with E-state index in [1.54, 1.807) is 24.9 Å². The predicted octanol–water partition coefficient (Wildman–Crippen LogP) is 0.325. The van der Waals surface area contributed by atoms with Crippen LogP contribution in [0.2, 0.25) is 0 Å². The molecule has 0 saturated carbocycles. The molecule has 0 saturated heterocycles. The number of nitrogens with zero attached hydrogens (tertiary/aromatic N) is 4. The fraction of sp³-hybridized carbons (Fsp3) is 0.286. The number of hydrogen-bond donors (Lipinski definition) is 0. The highest BCUT2D eigenvalue weighted by atomic mass is 15.2. The normalized spacial score (nSPS) is 15.8. The van der Waals surface area contributed by atoms with Crippen LogP contribution in [0.25, 0.3) is 0 Å². The van der Waals surface area contributed by atoms with Crippen molar-refractivity contribution in [1.82, 2.24) is 9.97 Å². The van der Waals surface area contributed by atoms with Gasteiger partial charge in [0.15, 0.2) is 5.82 Å². The summed E-state index contributed by atoms with van der Waals surface area (Å²) in [7, 11) is 0. The highest BCUT2D eigenvalue weighted by Crippen LogP contribution is 2.07. The monoisotopic (exact) mass is 148 g/mol. The van der Waals surface area contributed by atoms with Crippen LogP contribution in [0.5, 0.6) is 0 Å². The van der Waals surface area contributed by atoms with Crippen LogP contribution in [-0.2, 0) is 0 Å². The van der Waals surface area contributed by atoms with Gasteiger partial charge in [0.25, 0.3) is 0 Å². The van der Waals surface area contributed by atoms with Crippen LogP contribution in [0, 0.1) is 0 Å². The number of anilines is 1. The van der Waals surface area contributed by atoms with Gasteiger partial charge in [-0.15, -0.1) is 0 Å². The summed E-state index contributed by atoms with van der Waals surface area (Å²) >= 11 is 0. The molecule has 0 spiro atoms. The third-order valence-electron chi connectivity index (χ3n) is 1.53. The van der Waals surface area contributed by atoms with E-state index in [1.165, 1.54) is 0 Å². The van der Waals surface area contributed by atoms with Crippen molar-refractivity contribution in [2.24, 2.45) is 4.99 Å². The zero-order chi connectivity index (χ0) is 7.52. The van der Waals surface area contributed by atoms with Crippen molar-refractivity contribution in [3.8, 4) is 0 Å². The van der Waals surface area contributed by atoms with E-state index in [1.807, 2.05) is 4.90 Å². The summed E-state index contributed by atoms with van der Waals surface area (Å²) < 4.78 is 0. The van der Waals surface area contributed by atoms with E-state index in [-0.39, 0.29) is 0 Å². The minimum atomic E-state index is 0.858. The predicted molar refractivity (Wildman–Crippen MR) is 42.7 cm³/mol. The maximum absolute atomic E-state index is 4.13. The number of hydrogen-bond acceptors (Lipinski definition) is 4. The second kappa shape index (κ2) is 2.65. The Labute approximate surface area is 64.6 Å². The van der Waals surface area contributed by atoms with Gasteiger partial charge in [-0.3, -0.25) is 9.98 Å². The second-order valence-electron chi connectivity index (χ2n) is 2.28. The fourth-order valence-electron chi connectivity index (χ4n) is 0.993. The van der Waals surface area contributed by atoms with Crippen LogP contribution >= 0.6 is 0 Å². The zero-order valence-corrected chi connectivity index (χ0v) is 6.01. The van der Waals surface area contributed by atoms with Crippen molar-refractivity contribution in [2.45, 2.75) is 0 Å². The molecule has 1 aliphatic heterocycles. The van der Waals surface area contributed by atoms with Gasteiger partial charge in [0.05, 0.1) is 19.1 Å². The standard InChI is InChI=1S/C7H8N4/c1-2-10-7(5-8-1)11-4-3-9-6-11/h1-2,5-6H,3-4H2. The molecule has 1 aliphatic rings. The van der Waals surface area contributed by atoms with Crippen LogP contribution < -0.4 is 4.90 Å². The van der Waals surface area contributed by atoms with Gasteiger partial charge in [0.2, 0.25) is 0 Å². The largest absolute Gasteiger partial charge is 0.314 e. The summed E-state index contributed by atoms with van der Waals surface area (Å²) in [5, 5.41) is 0. The smallest absolute Gasteiger partial charge is 0.152 e. The SMILES string of the molecule is C1=NCCN1c1cnccn1. The van der Waals surface area contributed by atoms with E-state index in [2.05, 4.69) is 15.0 Å². The molecule has 0 fully saturated rings. The first-order valence-electron chi connectivity index (χ1n) is 3.49. The van der Waals surface area contributed by atoms with E-state index < -0.39 is 0 Å². The van der Waals surface area contributed by atoms with Gasteiger partial charge in [-0.1, -0.05) is 0 Å². The van der Waals surface area contributed by atoms with Crippen molar-refractivity contribution >= 4 is 12.2 Å². The van der Waals surface area contributed by atoms with Crippen molar-refractivity contribution in [2.75, 3.05) is 18.0 Å². The Morgan fingerprint density at radius 2 is 2.36 bits per heavy atom. The Kier molecular flexibility index (Phi) is 1.51. The van der Waals surface area contributed by atoms with Gasteiger partial charge in [0, 0.05) is 18.9 Å². The van der Waals surface area contributed by atoms with E-state index in [0.29, 0.717) is 0 Å². The molecule has 4 heteroatoms. The quantitative estimate of drug-likeness (QED) is 0.576. The van der Waals surface area contributed by atoms with Crippen molar-refractivity contribution in [3.05, 3.63) is 18.6 Å². The van der Waals surface area contributed by atoms with Gasteiger partial charge < -0.3 is 4.90 Å². The van der Waals surface area contributed by atoms with Crippen LogP contribution in [-0.4, -0.2) is 29.4 Å². The Hall–Kier alpha value is -1.45. The molecule has 0 radical (unpaired) electrons. The van der Waals surface area contributed by atoms with E-state index in [4.69, 9.17) is 0 Å². The molecule has 1 aromatic heterocycles. The van der Waals surface area contributed by atoms with Crippen molar-refractivity contribution in [1.29, 1.82) is 0 Å². The molecule has 2 heterocycles. The first-order chi connectivity index (χ1) is 5.47. The highest BCUT2D eigenvalue weighted by molar-refractivity contribution is 5.78. The summed E-state index contributed by atoms with van der Waals surface area (Å²) in [6, 6.07) is 0. The summed E-state index contributed by atoms with van der Waals surface area (Å²) in [6.45, 7) is 1.77. The molecule has 4 nitrogen and oxygen atoms in total. The molecule has 0 aromatic carbocycles. The summed E-state index contributed by atoms with van der Waals surface area (Å²) in [5.74, 6) is 0.869. The van der Waals surface area contributed by atoms with Gasteiger partial charge in [0.1, 0.15) is 0 Å². The minimum absolute atomic E-state index is 0.858. The van der Waals surface area contributed by atoms with Gasteiger partial charge in [-0.2, -0.15) is 0 Å². The lowest BCUT2D eigenvalue weighted by Crippen LogP contribution is -2.19. The van der Waals surface area contributed by atoms with Crippen LogP contribution in [0.15, 0.2) is 23.6 Å². The Balaban J connectivity index is 2.23. The maximum Gasteiger partial charge on any atom is 0.152 e. The number of aromatic nitrogens is 2. The summed E-state index contributed by atoms with van der Waals surface area (Å²) in [5.41, 5.74) is 0. The number of aliphatic imine (C=N–C) groups is 1. The van der Waals surface area contributed by atoms with Gasteiger partial charge in [-0.25, -0.2) is 4.98 Å². The molecule has 0 atom stereocenters. The van der Waals surface area contributed by atoms with E-state index in [9.17, 15) is 0 Å². The van der Waals surface area contributed by atoms with Crippen LogP contribution in [0.4, 0.5) is 5.82 Å². The van der Waals surface area contributed by atoms with Crippen LogP contribution in [0.3, 0.4) is 0 Å². The zero-order valence-electron chi connectivity index (χ0n) is 6.01. The minimum Gasteiger partial charge on any atom is -0.314 e. The molecular formula is C7H8N4. The molecule has 56 valence electrons. The highest BCUT2D eigenvalue weighted by Gasteiger charge is 2.07. The molecule has 0 N–H and O–H groups in total. The second-order valence-corrected chi connectivity index (χ2v) is 2.28. The first-order valence-corrected chi connectivity index (χ1v) is 3.49. The molecule has 1 aromatic rings. The molecule has 0 bridgehead atoms. The molecule has 0 unspecified atom stereocenters. The molecule has 0 aliphatic carbocycles. The topological polar surface area (TPSA) is 41.4 Å². The van der Waals surface area contributed by atoms with Gasteiger partial charge >= 0.3 is 0 Å². The first kappa shape index (κ1) is 6.27.